The Morgan fingerprint density at radius 1 is 1.36 bits per heavy atom. The van der Waals surface area contributed by atoms with Gasteiger partial charge in [-0.1, -0.05) is 0 Å². The van der Waals surface area contributed by atoms with Crippen LogP contribution in [0.4, 0.5) is 18.9 Å². The standard InChI is InChI=1S/C9H8F3NO/c1-5-2-6(10)4-7(3-5)13-9(14)8(11)12/h2-4,8H,1H3,(H,13,14). The van der Waals surface area contributed by atoms with Crippen molar-refractivity contribution in [3.63, 3.8) is 0 Å². The summed E-state index contributed by atoms with van der Waals surface area (Å²) in [5, 5.41) is 1.89. The third-order valence-electron chi connectivity index (χ3n) is 1.51. The van der Waals surface area contributed by atoms with E-state index in [0.29, 0.717) is 5.56 Å². The molecular formula is C9H8F3NO. The fourth-order valence-corrected chi connectivity index (χ4v) is 1.01. The van der Waals surface area contributed by atoms with Crippen LogP contribution < -0.4 is 5.32 Å². The van der Waals surface area contributed by atoms with Gasteiger partial charge in [-0.2, -0.15) is 8.78 Å². The minimum atomic E-state index is -3.10. The maximum atomic E-state index is 12.7. The maximum absolute atomic E-state index is 12.7. The first-order valence-corrected chi connectivity index (χ1v) is 3.85. The van der Waals surface area contributed by atoms with Crippen molar-refractivity contribution in [3.05, 3.63) is 29.6 Å². The molecule has 1 aromatic carbocycles. The number of carbonyl (C=O) groups excluding carboxylic acids is 1. The molecule has 0 aromatic heterocycles. The van der Waals surface area contributed by atoms with E-state index in [-0.39, 0.29) is 5.69 Å². The number of benzene rings is 1. The number of hydrogen-bond acceptors (Lipinski definition) is 1. The molecule has 1 rings (SSSR count). The van der Waals surface area contributed by atoms with Gasteiger partial charge in [0.25, 0.3) is 5.91 Å². The number of rotatable bonds is 2. The molecule has 0 saturated carbocycles. The van der Waals surface area contributed by atoms with Gasteiger partial charge in [-0.3, -0.25) is 4.79 Å². The van der Waals surface area contributed by atoms with Crippen LogP contribution in [-0.2, 0) is 4.79 Å². The van der Waals surface area contributed by atoms with Gasteiger partial charge in [0, 0.05) is 5.69 Å². The molecule has 0 aliphatic heterocycles. The molecule has 0 aliphatic carbocycles. The molecule has 1 aromatic rings. The van der Waals surface area contributed by atoms with Crippen molar-refractivity contribution < 1.29 is 18.0 Å². The average Bonchev–Trinajstić information content (AvgIpc) is 2.01. The molecule has 1 amide bonds. The minimum absolute atomic E-state index is 0.0350. The first-order chi connectivity index (χ1) is 6.49. The molecule has 0 heterocycles. The number of carbonyl (C=O) groups is 1. The van der Waals surface area contributed by atoms with E-state index in [0.717, 1.165) is 6.07 Å². The van der Waals surface area contributed by atoms with Crippen LogP contribution >= 0.6 is 0 Å². The molecule has 0 aliphatic rings. The lowest BCUT2D eigenvalue weighted by molar-refractivity contribution is -0.126. The SMILES string of the molecule is Cc1cc(F)cc(NC(=O)C(F)F)c1. The third-order valence-corrected chi connectivity index (χ3v) is 1.51. The van der Waals surface area contributed by atoms with Crippen molar-refractivity contribution in [1.29, 1.82) is 0 Å². The highest BCUT2D eigenvalue weighted by molar-refractivity contribution is 5.93. The molecule has 2 nitrogen and oxygen atoms in total. The summed E-state index contributed by atoms with van der Waals surface area (Å²) in [6.45, 7) is 1.60. The highest BCUT2D eigenvalue weighted by atomic mass is 19.3. The Morgan fingerprint density at radius 3 is 2.50 bits per heavy atom. The topological polar surface area (TPSA) is 29.1 Å². The fourth-order valence-electron chi connectivity index (χ4n) is 1.01. The van der Waals surface area contributed by atoms with Gasteiger partial charge in [0.1, 0.15) is 5.82 Å². The van der Waals surface area contributed by atoms with E-state index in [9.17, 15) is 18.0 Å². The van der Waals surface area contributed by atoms with Gasteiger partial charge in [-0.15, -0.1) is 0 Å². The summed E-state index contributed by atoms with van der Waals surface area (Å²) >= 11 is 0. The number of aryl methyl sites for hydroxylation is 1. The highest BCUT2D eigenvalue weighted by Crippen LogP contribution is 2.13. The van der Waals surface area contributed by atoms with Gasteiger partial charge in [-0.25, -0.2) is 4.39 Å². The summed E-state index contributed by atoms with van der Waals surface area (Å²) in [4.78, 5) is 10.6. The molecule has 0 spiro atoms. The van der Waals surface area contributed by atoms with Gasteiger partial charge >= 0.3 is 6.43 Å². The Labute approximate surface area is 78.7 Å². The van der Waals surface area contributed by atoms with E-state index in [4.69, 9.17) is 0 Å². The summed E-state index contributed by atoms with van der Waals surface area (Å²) in [5.74, 6) is -2.01. The molecule has 14 heavy (non-hydrogen) atoms. The quantitative estimate of drug-likeness (QED) is 0.785. The molecule has 76 valence electrons. The van der Waals surface area contributed by atoms with Crippen molar-refractivity contribution in [2.45, 2.75) is 13.3 Å². The second kappa shape index (κ2) is 4.13. The molecule has 0 bridgehead atoms. The lowest BCUT2D eigenvalue weighted by Gasteiger charge is -2.05. The first kappa shape index (κ1) is 10.6. The van der Waals surface area contributed by atoms with Crippen LogP contribution in [-0.4, -0.2) is 12.3 Å². The van der Waals surface area contributed by atoms with Crippen LogP contribution in [0.25, 0.3) is 0 Å². The normalized spacial score (nSPS) is 10.4. The Morgan fingerprint density at radius 2 is 2.00 bits per heavy atom. The summed E-state index contributed by atoms with van der Waals surface area (Å²) in [5.41, 5.74) is 0.586. The molecule has 0 unspecified atom stereocenters. The van der Waals surface area contributed by atoms with Crippen molar-refractivity contribution >= 4 is 11.6 Å². The molecule has 1 N–H and O–H groups in total. The van der Waals surface area contributed by atoms with Crippen molar-refractivity contribution in [2.75, 3.05) is 5.32 Å². The van der Waals surface area contributed by atoms with Gasteiger partial charge in [0.15, 0.2) is 0 Å². The summed E-state index contributed by atoms with van der Waals surface area (Å²) in [6.07, 6.45) is -3.10. The predicted molar refractivity (Wildman–Crippen MR) is 45.8 cm³/mol. The molecule has 0 radical (unpaired) electrons. The molecular weight excluding hydrogens is 195 g/mol. The van der Waals surface area contributed by atoms with E-state index in [1.807, 2.05) is 5.32 Å². The second-order valence-corrected chi connectivity index (χ2v) is 2.81. The van der Waals surface area contributed by atoms with Gasteiger partial charge in [-0.05, 0) is 30.7 Å². The lowest BCUT2D eigenvalue weighted by Crippen LogP contribution is -2.20. The third kappa shape index (κ3) is 2.76. The summed E-state index contributed by atoms with van der Waals surface area (Å²) < 4.78 is 36.4. The zero-order valence-electron chi connectivity index (χ0n) is 7.35. The van der Waals surface area contributed by atoms with Gasteiger partial charge in [0.2, 0.25) is 0 Å². The summed E-state index contributed by atoms with van der Waals surface area (Å²) in [7, 11) is 0. The predicted octanol–water partition coefficient (Wildman–Crippen LogP) is 2.34. The fraction of sp³-hybridized carbons (Fsp3) is 0.222. The monoisotopic (exact) mass is 203 g/mol. The van der Waals surface area contributed by atoms with Crippen molar-refractivity contribution in [3.8, 4) is 0 Å². The molecule has 0 saturated heterocycles. The number of alkyl halides is 2. The van der Waals surface area contributed by atoms with E-state index >= 15 is 0 Å². The Balaban J connectivity index is 2.82. The highest BCUT2D eigenvalue weighted by Gasteiger charge is 2.15. The van der Waals surface area contributed by atoms with Gasteiger partial charge < -0.3 is 5.32 Å². The van der Waals surface area contributed by atoms with Crippen LogP contribution in [0.1, 0.15) is 5.56 Å². The van der Waals surface area contributed by atoms with E-state index in [2.05, 4.69) is 0 Å². The molecule has 0 atom stereocenters. The average molecular weight is 203 g/mol. The van der Waals surface area contributed by atoms with Crippen molar-refractivity contribution in [1.82, 2.24) is 0 Å². The Bertz CT molecular complexity index is 332. The molecule has 0 fully saturated rings. The van der Waals surface area contributed by atoms with E-state index in [1.54, 1.807) is 6.92 Å². The van der Waals surface area contributed by atoms with Crippen LogP contribution in [0, 0.1) is 12.7 Å². The Kier molecular flexibility index (Phi) is 3.11. The Hall–Kier alpha value is -1.52. The van der Waals surface area contributed by atoms with Crippen LogP contribution in [0.15, 0.2) is 18.2 Å². The number of anilines is 1. The van der Waals surface area contributed by atoms with Crippen molar-refractivity contribution in [2.24, 2.45) is 0 Å². The zero-order chi connectivity index (χ0) is 10.7. The first-order valence-electron chi connectivity index (χ1n) is 3.85. The number of amides is 1. The maximum Gasteiger partial charge on any atom is 0.315 e. The van der Waals surface area contributed by atoms with E-state index < -0.39 is 18.1 Å². The largest absolute Gasteiger partial charge is 0.321 e. The number of nitrogens with one attached hydrogen (secondary N) is 1. The smallest absolute Gasteiger partial charge is 0.315 e. The second-order valence-electron chi connectivity index (χ2n) is 2.81. The minimum Gasteiger partial charge on any atom is -0.321 e. The number of hydrogen-bond donors (Lipinski definition) is 1. The number of halogens is 3. The molecule has 5 heteroatoms. The van der Waals surface area contributed by atoms with Crippen LogP contribution in [0.3, 0.4) is 0 Å². The van der Waals surface area contributed by atoms with E-state index in [1.165, 1.54) is 12.1 Å². The summed E-state index contributed by atoms with van der Waals surface area (Å²) in [6, 6.07) is 3.62. The van der Waals surface area contributed by atoms with Crippen LogP contribution in [0.5, 0.6) is 0 Å². The lowest BCUT2D eigenvalue weighted by atomic mass is 10.2. The van der Waals surface area contributed by atoms with Gasteiger partial charge in [0.05, 0.1) is 0 Å². The zero-order valence-corrected chi connectivity index (χ0v) is 7.35. The van der Waals surface area contributed by atoms with Crippen LogP contribution in [0.2, 0.25) is 0 Å².